The van der Waals surface area contributed by atoms with Crippen molar-refractivity contribution in [3.8, 4) is 0 Å². The van der Waals surface area contributed by atoms with E-state index in [-0.39, 0.29) is 12.2 Å². The first kappa shape index (κ1) is 14.6. The molecule has 1 aromatic rings. The van der Waals surface area contributed by atoms with E-state index in [9.17, 15) is 4.79 Å². The summed E-state index contributed by atoms with van der Waals surface area (Å²) in [4.78, 5) is 11.1. The highest BCUT2D eigenvalue weighted by Gasteiger charge is 2.06. The molecule has 0 fully saturated rings. The van der Waals surface area contributed by atoms with Crippen LogP contribution in [0.15, 0.2) is 24.3 Å². The quantitative estimate of drug-likeness (QED) is 0.719. The molecule has 0 bridgehead atoms. The van der Waals surface area contributed by atoms with Gasteiger partial charge in [0.25, 0.3) is 0 Å². The van der Waals surface area contributed by atoms with E-state index in [4.69, 9.17) is 9.47 Å². The fourth-order valence-electron chi connectivity index (χ4n) is 1.57. The number of amides is 1. The molecule has 0 heterocycles. The molecule has 0 saturated carbocycles. The number of anilines is 1. The number of nitrogens with one attached hydrogen (secondary N) is 2. The SMILES string of the molecule is COC(CNCc1ccccc1NC(C)=O)OC. The van der Waals surface area contributed by atoms with Crippen molar-refractivity contribution in [3.05, 3.63) is 29.8 Å². The Kier molecular flexibility index (Phi) is 6.35. The number of ether oxygens (including phenoxy) is 2. The van der Waals surface area contributed by atoms with Crippen molar-refractivity contribution in [2.24, 2.45) is 0 Å². The molecule has 0 radical (unpaired) electrons. The molecule has 0 aliphatic rings. The first-order valence-electron chi connectivity index (χ1n) is 5.79. The fourth-order valence-corrected chi connectivity index (χ4v) is 1.57. The number of rotatable bonds is 7. The maximum Gasteiger partial charge on any atom is 0.221 e. The van der Waals surface area contributed by atoms with Crippen LogP contribution in [-0.2, 0) is 20.8 Å². The minimum absolute atomic E-state index is 0.0749. The number of hydrogen-bond donors (Lipinski definition) is 2. The van der Waals surface area contributed by atoms with E-state index in [1.54, 1.807) is 14.2 Å². The Morgan fingerprint density at radius 1 is 1.28 bits per heavy atom. The summed E-state index contributed by atoms with van der Waals surface area (Å²) < 4.78 is 10.2. The Bertz CT molecular complexity index is 378. The number of hydrogen-bond acceptors (Lipinski definition) is 4. The van der Waals surface area contributed by atoms with Crippen molar-refractivity contribution < 1.29 is 14.3 Å². The van der Waals surface area contributed by atoms with Crippen LogP contribution in [0.2, 0.25) is 0 Å². The Hall–Kier alpha value is -1.43. The van der Waals surface area contributed by atoms with Crippen molar-refractivity contribution in [2.45, 2.75) is 19.8 Å². The second-order valence-electron chi connectivity index (χ2n) is 3.87. The maximum atomic E-state index is 11.1. The first-order valence-corrected chi connectivity index (χ1v) is 5.79. The summed E-state index contributed by atoms with van der Waals surface area (Å²) >= 11 is 0. The topological polar surface area (TPSA) is 59.6 Å². The van der Waals surface area contributed by atoms with E-state index in [1.807, 2.05) is 24.3 Å². The lowest BCUT2D eigenvalue weighted by atomic mass is 10.1. The molecule has 18 heavy (non-hydrogen) atoms. The standard InChI is InChI=1S/C13H20N2O3/c1-10(16)15-12-7-5-4-6-11(12)8-14-9-13(17-2)18-3/h4-7,13-14H,8-9H2,1-3H3,(H,15,16). The zero-order valence-electron chi connectivity index (χ0n) is 11.0. The zero-order chi connectivity index (χ0) is 13.4. The first-order chi connectivity index (χ1) is 8.67. The van der Waals surface area contributed by atoms with Gasteiger partial charge in [-0.25, -0.2) is 0 Å². The van der Waals surface area contributed by atoms with Gasteiger partial charge in [0.2, 0.25) is 5.91 Å². The average Bonchev–Trinajstić information content (AvgIpc) is 2.36. The van der Waals surface area contributed by atoms with Gasteiger partial charge >= 0.3 is 0 Å². The van der Waals surface area contributed by atoms with Crippen molar-refractivity contribution in [1.29, 1.82) is 0 Å². The molecular formula is C13H20N2O3. The second-order valence-corrected chi connectivity index (χ2v) is 3.87. The summed E-state index contributed by atoms with van der Waals surface area (Å²) in [6.45, 7) is 2.72. The van der Waals surface area contributed by atoms with Gasteiger partial charge in [0, 0.05) is 39.9 Å². The van der Waals surface area contributed by atoms with Gasteiger partial charge in [-0.15, -0.1) is 0 Å². The Morgan fingerprint density at radius 2 is 1.94 bits per heavy atom. The largest absolute Gasteiger partial charge is 0.355 e. The van der Waals surface area contributed by atoms with Gasteiger partial charge in [-0.1, -0.05) is 18.2 Å². The average molecular weight is 252 g/mol. The highest BCUT2D eigenvalue weighted by molar-refractivity contribution is 5.89. The molecule has 0 aromatic heterocycles. The predicted molar refractivity (Wildman–Crippen MR) is 70.3 cm³/mol. The molecule has 5 heteroatoms. The van der Waals surface area contributed by atoms with E-state index >= 15 is 0 Å². The monoisotopic (exact) mass is 252 g/mol. The molecule has 0 aliphatic carbocycles. The highest BCUT2D eigenvalue weighted by atomic mass is 16.7. The highest BCUT2D eigenvalue weighted by Crippen LogP contribution is 2.14. The van der Waals surface area contributed by atoms with Gasteiger partial charge in [0.1, 0.15) is 0 Å². The molecule has 0 atom stereocenters. The summed E-state index contributed by atoms with van der Waals surface area (Å²) in [5, 5.41) is 6.01. The third-order valence-corrected chi connectivity index (χ3v) is 2.48. The molecule has 1 amide bonds. The van der Waals surface area contributed by atoms with Crippen molar-refractivity contribution in [1.82, 2.24) is 5.32 Å². The molecule has 0 unspecified atom stereocenters. The number of methoxy groups -OCH3 is 2. The molecule has 0 saturated heterocycles. The van der Waals surface area contributed by atoms with Crippen LogP contribution >= 0.6 is 0 Å². The minimum atomic E-state index is -0.266. The maximum absolute atomic E-state index is 11.1. The lowest BCUT2D eigenvalue weighted by Crippen LogP contribution is -2.29. The number of para-hydroxylation sites is 1. The zero-order valence-corrected chi connectivity index (χ0v) is 11.0. The Morgan fingerprint density at radius 3 is 2.56 bits per heavy atom. The molecule has 0 aliphatic heterocycles. The number of carbonyl (C=O) groups is 1. The molecule has 0 spiro atoms. The van der Waals surface area contributed by atoms with Crippen molar-refractivity contribution >= 4 is 11.6 Å². The van der Waals surface area contributed by atoms with Crippen molar-refractivity contribution in [2.75, 3.05) is 26.1 Å². The summed E-state index contributed by atoms with van der Waals surface area (Å²) in [5.41, 5.74) is 1.85. The lowest BCUT2D eigenvalue weighted by molar-refractivity contribution is -0.114. The van der Waals surface area contributed by atoms with E-state index in [0.717, 1.165) is 11.3 Å². The van der Waals surface area contributed by atoms with Gasteiger partial charge in [0.15, 0.2) is 6.29 Å². The van der Waals surface area contributed by atoms with Crippen LogP contribution in [0.3, 0.4) is 0 Å². The van der Waals surface area contributed by atoms with E-state index in [2.05, 4.69) is 10.6 Å². The molecule has 100 valence electrons. The Labute approximate surface area is 107 Å². The normalized spacial score (nSPS) is 10.7. The van der Waals surface area contributed by atoms with Crippen LogP contribution in [0, 0.1) is 0 Å². The fraction of sp³-hybridized carbons (Fsp3) is 0.462. The molecule has 5 nitrogen and oxygen atoms in total. The summed E-state index contributed by atoms with van der Waals surface area (Å²) in [6.07, 6.45) is -0.266. The van der Waals surface area contributed by atoms with Crippen LogP contribution < -0.4 is 10.6 Å². The van der Waals surface area contributed by atoms with Crippen LogP contribution in [-0.4, -0.2) is 33.0 Å². The number of carbonyl (C=O) groups excluding carboxylic acids is 1. The van der Waals surface area contributed by atoms with Crippen LogP contribution in [0.5, 0.6) is 0 Å². The van der Waals surface area contributed by atoms with E-state index in [1.165, 1.54) is 6.92 Å². The van der Waals surface area contributed by atoms with Crippen LogP contribution in [0.1, 0.15) is 12.5 Å². The van der Waals surface area contributed by atoms with Crippen LogP contribution in [0.4, 0.5) is 5.69 Å². The summed E-state index contributed by atoms with van der Waals surface area (Å²) in [6, 6.07) is 7.67. The molecule has 2 N–H and O–H groups in total. The lowest BCUT2D eigenvalue weighted by Gasteiger charge is -2.15. The van der Waals surface area contributed by atoms with Gasteiger partial charge in [-0.05, 0) is 11.6 Å². The van der Waals surface area contributed by atoms with Gasteiger partial charge in [-0.3, -0.25) is 4.79 Å². The number of benzene rings is 1. The molecular weight excluding hydrogens is 232 g/mol. The third-order valence-electron chi connectivity index (χ3n) is 2.48. The molecule has 1 rings (SSSR count). The van der Waals surface area contributed by atoms with Gasteiger partial charge in [-0.2, -0.15) is 0 Å². The minimum Gasteiger partial charge on any atom is -0.355 e. The summed E-state index contributed by atoms with van der Waals surface area (Å²) in [5.74, 6) is -0.0749. The third kappa shape index (κ3) is 4.83. The summed E-state index contributed by atoms with van der Waals surface area (Å²) in [7, 11) is 3.20. The van der Waals surface area contributed by atoms with Crippen LogP contribution in [0.25, 0.3) is 0 Å². The van der Waals surface area contributed by atoms with Gasteiger partial charge in [0.05, 0.1) is 0 Å². The van der Waals surface area contributed by atoms with Gasteiger partial charge < -0.3 is 20.1 Å². The van der Waals surface area contributed by atoms with Crippen molar-refractivity contribution in [3.63, 3.8) is 0 Å². The van der Waals surface area contributed by atoms with E-state index < -0.39 is 0 Å². The smallest absolute Gasteiger partial charge is 0.221 e. The molecule has 1 aromatic carbocycles. The second kappa shape index (κ2) is 7.81. The predicted octanol–water partition coefficient (Wildman–Crippen LogP) is 1.35. The Balaban J connectivity index is 2.53. The van der Waals surface area contributed by atoms with E-state index in [0.29, 0.717) is 13.1 Å².